The third-order valence-electron chi connectivity index (χ3n) is 2.05. The summed E-state index contributed by atoms with van der Waals surface area (Å²) in [5, 5.41) is 4.96. The van der Waals surface area contributed by atoms with Gasteiger partial charge in [0.1, 0.15) is 10.0 Å². The first-order valence-electron chi connectivity index (χ1n) is 4.68. The van der Waals surface area contributed by atoms with Gasteiger partial charge in [-0.05, 0) is 36.4 Å². The molecule has 0 radical (unpaired) electrons. The van der Waals surface area contributed by atoms with Gasteiger partial charge in [-0.15, -0.1) is 11.3 Å². The van der Waals surface area contributed by atoms with Crippen molar-refractivity contribution in [3.63, 3.8) is 0 Å². The van der Waals surface area contributed by atoms with Gasteiger partial charge in [-0.2, -0.15) is 0 Å². The fourth-order valence-electron chi connectivity index (χ4n) is 1.23. The molecular weight excluding hydrogens is 297 g/mol. The lowest BCUT2D eigenvalue weighted by atomic mass is 10.4. The van der Waals surface area contributed by atoms with Crippen LogP contribution >= 0.6 is 11.3 Å². The first-order chi connectivity index (χ1) is 8.38. The van der Waals surface area contributed by atoms with Crippen molar-refractivity contribution >= 4 is 32.2 Å². The number of hydrogen-bond acceptors (Lipinski definition) is 4. The number of primary sulfonamides is 1. The Balaban J connectivity index is 2.35. The minimum absolute atomic E-state index is 0.0482. The number of benzene rings is 1. The van der Waals surface area contributed by atoms with Crippen molar-refractivity contribution in [1.29, 1.82) is 0 Å². The molecular formula is C10H8FNO3S3. The number of hydrogen-bond donors (Lipinski definition) is 1. The first kappa shape index (κ1) is 13.3. The van der Waals surface area contributed by atoms with Gasteiger partial charge in [0, 0.05) is 4.90 Å². The van der Waals surface area contributed by atoms with Crippen LogP contribution < -0.4 is 5.14 Å². The van der Waals surface area contributed by atoms with Gasteiger partial charge >= 0.3 is 0 Å². The molecule has 2 N–H and O–H groups in total. The van der Waals surface area contributed by atoms with E-state index in [4.69, 9.17) is 5.14 Å². The van der Waals surface area contributed by atoms with Crippen LogP contribution in [-0.2, 0) is 20.8 Å². The molecule has 1 aromatic carbocycles. The summed E-state index contributed by atoms with van der Waals surface area (Å²) in [6, 6.07) is 7.91. The molecule has 0 bridgehead atoms. The van der Waals surface area contributed by atoms with Crippen LogP contribution in [0.15, 0.2) is 49.7 Å². The quantitative estimate of drug-likeness (QED) is 0.937. The van der Waals surface area contributed by atoms with E-state index in [-0.39, 0.29) is 4.21 Å². The van der Waals surface area contributed by atoms with Crippen molar-refractivity contribution in [1.82, 2.24) is 0 Å². The standard InChI is InChI=1S/C10H8FNO3S3/c11-7-1-3-8(4-2-7)17(13)9-5-6-10(16-9)18(12,14)15/h1-6H,(H2,12,14,15)/t17-/m1/s1. The number of thiophene rings is 1. The van der Waals surface area contributed by atoms with Gasteiger partial charge in [-0.25, -0.2) is 22.2 Å². The fraction of sp³-hybridized carbons (Fsp3) is 0. The summed E-state index contributed by atoms with van der Waals surface area (Å²) in [4.78, 5) is 0.402. The lowest BCUT2D eigenvalue weighted by Crippen LogP contribution is -2.09. The predicted molar refractivity (Wildman–Crippen MR) is 66.8 cm³/mol. The maximum Gasteiger partial charge on any atom is 0.247 e. The number of sulfonamides is 1. The fourth-order valence-corrected chi connectivity index (χ4v) is 4.52. The summed E-state index contributed by atoms with van der Waals surface area (Å²) in [5.41, 5.74) is 0. The monoisotopic (exact) mass is 305 g/mol. The smallest absolute Gasteiger partial charge is 0.247 e. The minimum Gasteiger partial charge on any atom is -0.248 e. The molecule has 0 aliphatic rings. The normalized spacial score (nSPS) is 13.4. The Morgan fingerprint density at radius 2 is 1.72 bits per heavy atom. The Kier molecular flexibility index (Phi) is 3.62. The summed E-state index contributed by atoms with van der Waals surface area (Å²) in [7, 11) is -5.32. The molecule has 0 spiro atoms. The van der Waals surface area contributed by atoms with Crippen molar-refractivity contribution in [2.75, 3.05) is 0 Å². The minimum atomic E-state index is -3.78. The Labute approximate surface area is 110 Å². The maximum atomic E-state index is 12.7. The summed E-state index contributed by atoms with van der Waals surface area (Å²) < 4.78 is 47.3. The summed E-state index contributed by atoms with van der Waals surface area (Å²) in [5.74, 6) is -0.424. The van der Waals surface area contributed by atoms with E-state index in [0.717, 1.165) is 11.3 Å². The van der Waals surface area contributed by atoms with Gasteiger partial charge in [-0.1, -0.05) is 0 Å². The van der Waals surface area contributed by atoms with E-state index >= 15 is 0 Å². The third kappa shape index (κ3) is 2.83. The van der Waals surface area contributed by atoms with Gasteiger partial charge in [-0.3, -0.25) is 0 Å². The van der Waals surface area contributed by atoms with Crippen LogP contribution in [0.2, 0.25) is 0 Å². The average molecular weight is 305 g/mol. The Morgan fingerprint density at radius 3 is 2.22 bits per heavy atom. The number of nitrogens with two attached hydrogens (primary N) is 1. The second-order valence-electron chi connectivity index (χ2n) is 3.34. The maximum absolute atomic E-state index is 12.7. The second kappa shape index (κ2) is 4.88. The van der Waals surface area contributed by atoms with E-state index in [9.17, 15) is 17.0 Å². The van der Waals surface area contributed by atoms with Crippen LogP contribution in [0.1, 0.15) is 0 Å². The molecule has 4 nitrogen and oxygen atoms in total. The van der Waals surface area contributed by atoms with E-state index in [0.29, 0.717) is 9.10 Å². The van der Waals surface area contributed by atoms with Crippen LogP contribution in [0.3, 0.4) is 0 Å². The van der Waals surface area contributed by atoms with Gasteiger partial charge in [0.2, 0.25) is 10.0 Å². The zero-order valence-electron chi connectivity index (χ0n) is 8.87. The predicted octanol–water partition coefficient (Wildman–Crippen LogP) is 1.70. The highest BCUT2D eigenvalue weighted by atomic mass is 32.3. The first-order valence-corrected chi connectivity index (χ1v) is 8.19. The lowest BCUT2D eigenvalue weighted by Gasteiger charge is -1.98. The van der Waals surface area contributed by atoms with Crippen LogP contribution in [0.25, 0.3) is 0 Å². The average Bonchev–Trinajstić information content (AvgIpc) is 2.78. The van der Waals surface area contributed by atoms with Gasteiger partial charge < -0.3 is 0 Å². The molecule has 96 valence electrons. The molecule has 1 heterocycles. The molecule has 0 saturated heterocycles. The zero-order chi connectivity index (χ0) is 13.3. The Morgan fingerprint density at radius 1 is 1.11 bits per heavy atom. The highest BCUT2D eigenvalue weighted by Crippen LogP contribution is 2.26. The molecule has 0 saturated carbocycles. The second-order valence-corrected chi connectivity index (χ2v) is 7.92. The number of rotatable bonds is 3. The Bertz CT molecular complexity index is 691. The summed E-state index contributed by atoms with van der Waals surface area (Å²) in [6.45, 7) is 0. The SMILES string of the molecule is NS(=O)(=O)c1ccc([S@](=O)c2ccc(F)cc2)s1. The van der Waals surface area contributed by atoms with E-state index in [1.54, 1.807) is 0 Å². The molecule has 8 heteroatoms. The molecule has 0 aliphatic heterocycles. The molecule has 2 rings (SSSR count). The van der Waals surface area contributed by atoms with Crippen LogP contribution in [0.5, 0.6) is 0 Å². The van der Waals surface area contributed by atoms with E-state index in [1.807, 2.05) is 0 Å². The highest BCUT2D eigenvalue weighted by molar-refractivity contribution is 7.92. The van der Waals surface area contributed by atoms with Crippen molar-refractivity contribution in [3.05, 3.63) is 42.2 Å². The Hall–Kier alpha value is -1.09. The number of halogens is 1. The molecule has 0 fully saturated rings. The topological polar surface area (TPSA) is 77.2 Å². The van der Waals surface area contributed by atoms with Crippen molar-refractivity contribution in [2.24, 2.45) is 5.14 Å². The molecule has 2 aromatic rings. The lowest BCUT2D eigenvalue weighted by molar-refractivity contribution is 0.599. The van der Waals surface area contributed by atoms with Crippen LogP contribution in [0.4, 0.5) is 4.39 Å². The molecule has 18 heavy (non-hydrogen) atoms. The summed E-state index contributed by atoms with van der Waals surface area (Å²) >= 11 is 0.840. The van der Waals surface area contributed by atoms with Gasteiger partial charge in [0.25, 0.3) is 0 Å². The molecule has 0 aliphatic carbocycles. The van der Waals surface area contributed by atoms with Crippen molar-refractivity contribution in [2.45, 2.75) is 13.3 Å². The van der Waals surface area contributed by atoms with Crippen molar-refractivity contribution in [3.8, 4) is 0 Å². The van der Waals surface area contributed by atoms with Crippen LogP contribution in [-0.4, -0.2) is 12.6 Å². The van der Waals surface area contributed by atoms with E-state index in [2.05, 4.69) is 0 Å². The van der Waals surface area contributed by atoms with E-state index in [1.165, 1.54) is 36.4 Å². The molecule has 1 atom stereocenters. The highest BCUT2D eigenvalue weighted by Gasteiger charge is 2.15. The molecule has 0 unspecified atom stereocenters. The van der Waals surface area contributed by atoms with Crippen LogP contribution in [0, 0.1) is 5.82 Å². The zero-order valence-corrected chi connectivity index (χ0v) is 11.3. The largest absolute Gasteiger partial charge is 0.248 e. The van der Waals surface area contributed by atoms with Crippen molar-refractivity contribution < 1.29 is 17.0 Å². The summed E-state index contributed by atoms with van der Waals surface area (Å²) in [6.07, 6.45) is 0. The van der Waals surface area contributed by atoms with E-state index < -0.39 is 26.6 Å². The molecule has 0 amide bonds. The van der Waals surface area contributed by atoms with Gasteiger partial charge in [0.05, 0.1) is 15.0 Å². The molecule has 1 aromatic heterocycles. The van der Waals surface area contributed by atoms with Gasteiger partial charge in [0.15, 0.2) is 0 Å². The third-order valence-corrected chi connectivity index (χ3v) is 6.27.